The molecule has 28 heavy (non-hydrogen) atoms. The number of piperidine rings is 1. The summed E-state index contributed by atoms with van der Waals surface area (Å²) in [6, 6.07) is 14.3. The molecule has 5 heteroatoms. The summed E-state index contributed by atoms with van der Waals surface area (Å²) in [7, 11) is 0. The Morgan fingerprint density at radius 2 is 1.93 bits per heavy atom. The number of aryl methyl sites for hydroxylation is 1. The number of likely N-dealkylation sites (tertiary alicyclic amines) is 1. The largest absolute Gasteiger partial charge is 0.440 e. The van der Waals surface area contributed by atoms with Crippen LogP contribution in [-0.2, 0) is 0 Å². The van der Waals surface area contributed by atoms with Crippen LogP contribution in [0.15, 0.2) is 51.8 Å². The minimum atomic E-state index is 0.102. The molecular formula is C23H24N2O2S. The molecule has 1 amide bonds. The number of oxazole rings is 1. The predicted octanol–water partition coefficient (Wildman–Crippen LogP) is 5.41. The van der Waals surface area contributed by atoms with Crippen molar-refractivity contribution in [1.29, 1.82) is 0 Å². The molecule has 0 spiro atoms. The summed E-state index contributed by atoms with van der Waals surface area (Å²) in [6.45, 7) is 3.75. The van der Waals surface area contributed by atoms with Crippen LogP contribution in [-0.4, -0.2) is 34.1 Å². The number of hydrogen-bond donors (Lipinski definition) is 0. The first kappa shape index (κ1) is 17.8. The quantitative estimate of drug-likeness (QED) is 0.595. The van der Waals surface area contributed by atoms with Crippen LogP contribution in [0, 0.1) is 6.92 Å². The molecule has 1 saturated heterocycles. The third kappa shape index (κ3) is 3.68. The van der Waals surface area contributed by atoms with E-state index in [1.807, 2.05) is 34.9 Å². The predicted molar refractivity (Wildman–Crippen MR) is 112 cm³/mol. The molecule has 4 nitrogen and oxygen atoms in total. The lowest BCUT2D eigenvalue weighted by Crippen LogP contribution is -2.39. The molecule has 1 aliphatic heterocycles. The second-order valence-electron chi connectivity index (χ2n) is 7.93. The molecule has 0 N–H and O–H groups in total. The normalized spacial score (nSPS) is 18.0. The van der Waals surface area contributed by atoms with Crippen molar-refractivity contribution in [3.8, 4) is 0 Å². The Bertz CT molecular complexity index is 1020. The van der Waals surface area contributed by atoms with Crippen molar-refractivity contribution in [3.63, 3.8) is 0 Å². The highest BCUT2D eigenvalue weighted by Gasteiger charge is 2.29. The Morgan fingerprint density at radius 3 is 2.68 bits per heavy atom. The highest BCUT2D eigenvalue weighted by molar-refractivity contribution is 8.00. The molecule has 3 aromatic rings. The van der Waals surface area contributed by atoms with Gasteiger partial charge in [-0.15, -0.1) is 11.8 Å². The standard InChI is InChI=1S/C23H24N2O2S/c1-15-3-2-4-19(13-15)28-18-9-11-25(12-10-18)23(26)17-7-8-20-21(14-17)27-22(24-20)16-5-6-16/h2-4,7-8,13-14,16,18H,5-6,9-12H2,1H3. The summed E-state index contributed by atoms with van der Waals surface area (Å²) in [5.41, 5.74) is 3.59. The van der Waals surface area contributed by atoms with E-state index >= 15 is 0 Å². The number of thioether (sulfide) groups is 1. The van der Waals surface area contributed by atoms with Gasteiger partial charge in [0.15, 0.2) is 11.5 Å². The topological polar surface area (TPSA) is 46.3 Å². The summed E-state index contributed by atoms with van der Waals surface area (Å²) >= 11 is 1.94. The second kappa shape index (κ2) is 7.28. The maximum atomic E-state index is 13.0. The fraction of sp³-hybridized carbons (Fsp3) is 0.391. The maximum Gasteiger partial charge on any atom is 0.253 e. The number of hydrogen-bond acceptors (Lipinski definition) is 4. The van der Waals surface area contributed by atoms with E-state index in [-0.39, 0.29) is 5.91 Å². The lowest BCUT2D eigenvalue weighted by Gasteiger charge is -2.31. The van der Waals surface area contributed by atoms with Gasteiger partial charge in [0.1, 0.15) is 5.52 Å². The molecule has 0 bridgehead atoms. The van der Waals surface area contributed by atoms with Crippen molar-refractivity contribution in [2.45, 2.75) is 48.7 Å². The van der Waals surface area contributed by atoms with E-state index in [0.717, 1.165) is 55.8 Å². The minimum Gasteiger partial charge on any atom is -0.440 e. The van der Waals surface area contributed by atoms with Crippen LogP contribution in [0.2, 0.25) is 0 Å². The van der Waals surface area contributed by atoms with Crippen LogP contribution >= 0.6 is 11.8 Å². The Hall–Kier alpha value is -2.27. The first-order valence-electron chi connectivity index (χ1n) is 10.1. The summed E-state index contributed by atoms with van der Waals surface area (Å²) in [5, 5.41) is 0.573. The molecule has 5 rings (SSSR count). The SMILES string of the molecule is Cc1cccc(SC2CCN(C(=O)c3ccc4nc(C5CC5)oc4c3)CC2)c1. The van der Waals surface area contributed by atoms with Gasteiger partial charge in [0.25, 0.3) is 5.91 Å². The second-order valence-corrected chi connectivity index (χ2v) is 9.31. The van der Waals surface area contributed by atoms with Crippen LogP contribution in [0.5, 0.6) is 0 Å². The van der Waals surface area contributed by atoms with Gasteiger partial charge in [-0.05, 0) is 62.9 Å². The first-order chi connectivity index (χ1) is 13.7. The van der Waals surface area contributed by atoms with Gasteiger partial charge in [0.2, 0.25) is 0 Å². The van der Waals surface area contributed by atoms with Crippen molar-refractivity contribution < 1.29 is 9.21 Å². The zero-order valence-corrected chi connectivity index (χ0v) is 16.9. The fourth-order valence-electron chi connectivity index (χ4n) is 3.82. The third-order valence-electron chi connectivity index (χ3n) is 5.60. The van der Waals surface area contributed by atoms with Gasteiger partial charge in [0.05, 0.1) is 0 Å². The highest BCUT2D eigenvalue weighted by Crippen LogP contribution is 2.40. The third-order valence-corrected chi connectivity index (χ3v) is 6.93. The van der Waals surface area contributed by atoms with Gasteiger partial charge in [0, 0.05) is 34.7 Å². The Kier molecular flexibility index (Phi) is 4.63. The number of amides is 1. The van der Waals surface area contributed by atoms with Crippen LogP contribution in [0.25, 0.3) is 11.1 Å². The average Bonchev–Trinajstić information content (AvgIpc) is 3.47. The van der Waals surface area contributed by atoms with Crippen molar-refractivity contribution in [1.82, 2.24) is 9.88 Å². The molecular weight excluding hydrogens is 368 g/mol. The fourth-order valence-corrected chi connectivity index (χ4v) is 5.06. The van der Waals surface area contributed by atoms with Gasteiger partial charge in [-0.25, -0.2) is 4.98 Å². The molecule has 1 aromatic heterocycles. The summed E-state index contributed by atoms with van der Waals surface area (Å²) in [5.74, 6) is 1.41. The van der Waals surface area contributed by atoms with Gasteiger partial charge < -0.3 is 9.32 Å². The van der Waals surface area contributed by atoms with Gasteiger partial charge in [-0.3, -0.25) is 4.79 Å². The molecule has 0 unspecified atom stereocenters. The van der Waals surface area contributed by atoms with Crippen molar-refractivity contribution in [2.24, 2.45) is 0 Å². The number of benzene rings is 2. The molecule has 144 valence electrons. The van der Waals surface area contributed by atoms with E-state index in [1.54, 1.807) is 0 Å². The molecule has 1 aliphatic carbocycles. The van der Waals surface area contributed by atoms with Crippen molar-refractivity contribution in [2.75, 3.05) is 13.1 Å². The first-order valence-corrected chi connectivity index (χ1v) is 11.0. The van der Waals surface area contributed by atoms with E-state index in [9.17, 15) is 4.79 Å². The lowest BCUT2D eigenvalue weighted by atomic mass is 10.1. The summed E-state index contributed by atoms with van der Waals surface area (Å²) in [6.07, 6.45) is 4.38. The van der Waals surface area contributed by atoms with Gasteiger partial charge in [-0.2, -0.15) is 0 Å². The maximum absolute atomic E-state index is 13.0. The zero-order valence-electron chi connectivity index (χ0n) is 16.1. The Morgan fingerprint density at radius 1 is 1.11 bits per heavy atom. The van der Waals surface area contributed by atoms with Crippen LogP contribution in [0.3, 0.4) is 0 Å². The molecule has 2 heterocycles. The Balaban J connectivity index is 1.23. The number of rotatable bonds is 4. The smallest absolute Gasteiger partial charge is 0.253 e. The van der Waals surface area contributed by atoms with Crippen molar-refractivity contribution >= 4 is 28.8 Å². The van der Waals surface area contributed by atoms with E-state index < -0.39 is 0 Å². The molecule has 2 fully saturated rings. The van der Waals surface area contributed by atoms with Gasteiger partial charge >= 0.3 is 0 Å². The number of fused-ring (bicyclic) bond motifs is 1. The Labute approximate surface area is 169 Å². The van der Waals surface area contributed by atoms with Crippen LogP contribution < -0.4 is 0 Å². The molecule has 0 atom stereocenters. The number of carbonyl (C=O) groups is 1. The number of carbonyl (C=O) groups excluding carboxylic acids is 1. The number of nitrogens with zero attached hydrogens (tertiary/aromatic N) is 2. The van der Waals surface area contributed by atoms with Crippen molar-refractivity contribution in [3.05, 3.63) is 59.5 Å². The van der Waals surface area contributed by atoms with E-state index in [2.05, 4.69) is 36.2 Å². The molecule has 1 saturated carbocycles. The summed E-state index contributed by atoms with van der Waals surface area (Å²) in [4.78, 5) is 20.8. The lowest BCUT2D eigenvalue weighted by molar-refractivity contribution is 0.0727. The van der Waals surface area contributed by atoms with Crippen LogP contribution in [0.1, 0.15) is 53.4 Å². The summed E-state index contributed by atoms with van der Waals surface area (Å²) < 4.78 is 5.88. The number of aromatic nitrogens is 1. The zero-order chi connectivity index (χ0) is 19.1. The van der Waals surface area contributed by atoms with Gasteiger partial charge in [-0.1, -0.05) is 17.7 Å². The monoisotopic (exact) mass is 392 g/mol. The molecule has 0 radical (unpaired) electrons. The average molecular weight is 393 g/mol. The van der Waals surface area contributed by atoms with E-state index in [4.69, 9.17) is 4.42 Å². The van der Waals surface area contributed by atoms with Crippen LogP contribution in [0.4, 0.5) is 0 Å². The van der Waals surface area contributed by atoms with E-state index in [1.165, 1.54) is 10.5 Å². The highest BCUT2D eigenvalue weighted by atomic mass is 32.2. The molecule has 2 aromatic carbocycles. The van der Waals surface area contributed by atoms with E-state index in [0.29, 0.717) is 16.7 Å². The molecule has 2 aliphatic rings. The minimum absolute atomic E-state index is 0.102.